The third kappa shape index (κ3) is 3.82. The van der Waals surface area contributed by atoms with Crippen molar-refractivity contribution >= 4 is 67.6 Å². The van der Waals surface area contributed by atoms with Crippen molar-refractivity contribution < 1.29 is 19.6 Å². The van der Waals surface area contributed by atoms with Crippen molar-refractivity contribution in [3.05, 3.63) is 61.5 Å². The van der Waals surface area contributed by atoms with Gasteiger partial charge in [0.15, 0.2) is 15.8 Å². The summed E-state index contributed by atoms with van der Waals surface area (Å²) in [5, 5.41) is 20.9. The molecular weight excluding hydrogens is 456 g/mol. The Labute approximate surface area is 171 Å². The molecule has 1 heterocycles. The number of phenols is 1. The molecule has 3 rings (SSSR count). The lowest BCUT2D eigenvalue weighted by Gasteiger charge is -2.14. The molecule has 1 fully saturated rings. The van der Waals surface area contributed by atoms with E-state index in [1.807, 2.05) is 0 Å². The number of amides is 1. The largest absolute Gasteiger partial charge is 0.503 e. The van der Waals surface area contributed by atoms with E-state index in [1.54, 1.807) is 24.3 Å². The van der Waals surface area contributed by atoms with Gasteiger partial charge >= 0.3 is 0 Å². The summed E-state index contributed by atoms with van der Waals surface area (Å²) in [6, 6.07) is 8.95. The average molecular weight is 467 g/mol. The number of thioether (sulfide) groups is 1. The fourth-order valence-corrected chi connectivity index (χ4v) is 4.18. The van der Waals surface area contributed by atoms with Crippen LogP contribution < -0.4 is 9.64 Å². The van der Waals surface area contributed by atoms with Crippen LogP contribution in [0.4, 0.5) is 11.4 Å². The van der Waals surface area contributed by atoms with Crippen LogP contribution in [0.1, 0.15) is 5.56 Å². The lowest BCUT2D eigenvalue weighted by atomic mass is 10.2. The van der Waals surface area contributed by atoms with E-state index in [-0.39, 0.29) is 27.4 Å². The van der Waals surface area contributed by atoms with Gasteiger partial charge in [0.1, 0.15) is 0 Å². The predicted octanol–water partition coefficient (Wildman–Crippen LogP) is 4.48. The van der Waals surface area contributed by atoms with Crippen molar-refractivity contribution in [3.8, 4) is 11.5 Å². The van der Waals surface area contributed by atoms with Crippen molar-refractivity contribution in [2.75, 3.05) is 12.0 Å². The van der Waals surface area contributed by atoms with E-state index in [1.165, 1.54) is 30.2 Å². The smallest absolute Gasteiger partial charge is 0.271 e. The molecule has 2 aromatic rings. The topological polar surface area (TPSA) is 92.9 Å². The number of hydrogen-bond acceptors (Lipinski definition) is 7. The second-order valence-corrected chi connectivity index (χ2v) is 7.88. The summed E-state index contributed by atoms with van der Waals surface area (Å²) in [5.41, 5.74) is 0.827. The van der Waals surface area contributed by atoms with E-state index < -0.39 is 4.92 Å². The summed E-state index contributed by atoms with van der Waals surface area (Å²) < 4.78 is 5.80. The SMILES string of the molecule is COc1cc(/C=C2\SC(=S)N(c3cccc([N+](=O)[O-])c3)C2=O)cc(Br)c1O. The second-order valence-electron chi connectivity index (χ2n) is 5.35. The lowest BCUT2D eigenvalue weighted by Crippen LogP contribution is -2.27. The minimum absolute atomic E-state index is 0.0428. The Hall–Kier alpha value is -2.43. The number of carbonyl (C=O) groups is 1. The molecular formula is C17H11BrN2O5S2. The van der Waals surface area contributed by atoms with E-state index in [2.05, 4.69) is 15.9 Å². The maximum Gasteiger partial charge on any atom is 0.271 e. The molecule has 10 heteroatoms. The average Bonchev–Trinajstić information content (AvgIpc) is 2.91. The van der Waals surface area contributed by atoms with Crippen LogP contribution >= 0.6 is 39.9 Å². The van der Waals surface area contributed by atoms with E-state index in [4.69, 9.17) is 17.0 Å². The molecule has 7 nitrogen and oxygen atoms in total. The molecule has 1 aliphatic rings. The number of thiocarbonyl (C=S) groups is 1. The van der Waals surface area contributed by atoms with Gasteiger partial charge in [-0.05, 0) is 45.8 Å². The number of nitrogens with zero attached hydrogens (tertiary/aromatic N) is 2. The van der Waals surface area contributed by atoms with Gasteiger partial charge in [-0.1, -0.05) is 30.0 Å². The van der Waals surface area contributed by atoms with Gasteiger partial charge in [0.05, 0.1) is 27.1 Å². The second kappa shape index (κ2) is 7.67. The third-order valence-corrected chi connectivity index (χ3v) is 5.57. The normalized spacial score (nSPS) is 15.5. The van der Waals surface area contributed by atoms with Crippen LogP contribution in [-0.2, 0) is 4.79 Å². The standard InChI is InChI=1S/C17H11BrN2O5S2/c1-25-13-6-9(5-12(18)15(13)21)7-14-16(22)19(17(26)27-14)10-3-2-4-11(8-10)20(23)24/h2-8,21H,1H3/b14-7-. The van der Waals surface area contributed by atoms with Crippen LogP contribution in [0.5, 0.6) is 11.5 Å². The Morgan fingerprint density at radius 1 is 1.37 bits per heavy atom. The number of phenolic OH excluding ortho intramolecular Hbond substituents is 1. The molecule has 1 aliphatic heterocycles. The Morgan fingerprint density at radius 3 is 2.78 bits per heavy atom. The molecule has 0 aliphatic carbocycles. The number of hydrogen-bond donors (Lipinski definition) is 1. The molecule has 0 saturated carbocycles. The van der Waals surface area contributed by atoms with Gasteiger partial charge in [0.25, 0.3) is 11.6 Å². The fourth-order valence-electron chi connectivity index (χ4n) is 2.42. The number of aromatic hydroxyl groups is 1. The third-order valence-electron chi connectivity index (χ3n) is 3.66. The minimum atomic E-state index is -0.531. The molecule has 1 amide bonds. The highest BCUT2D eigenvalue weighted by Crippen LogP contribution is 2.39. The molecule has 0 radical (unpaired) electrons. The number of ether oxygens (including phenoxy) is 1. The summed E-state index contributed by atoms with van der Waals surface area (Å²) >= 11 is 9.60. The minimum Gasteiger partial charge on any atom is -0.503 e. The highest BCUT2D eigenvalue weighted by Gasteiger charge is 2.34. The summed E-state index contributed by atoms with van der Waals surface area (Å²) in [7, 11) is 1.42. The number of rotatable bonds is 4. The molecule has 27 heavy (non-hydrogen) atoms. The summed E-state index contributed by atoms with van der Waals surface area (Å²) in [5.74, 6) is -0.169. The van der Waals surface area contributed by atoms with Crippen LogP contribution in [0.15, 0.2) is 45.8 Å². The first-order valence-electron chi connectivity index (χ1n) is 7.40. The van der Waals surface area contributed by atoms with Crippen LogP contribution in [0.25, 0.3) is 6.08 Å². The van der Waals surface area contributed by atoms with Gasteiger partial charge in [-0.3, -0.25) is 19.8 Å². The van der Waals surface area contributed by atoms with Crippen molar-refractivity contribution in [1.82, 2.24) is 0 Å². The molecule has 0 aromatic heterocycles. The Bertz CT molecular complexity index is 1010. The zero-order valence-corrected chi connectivity index (χ0v) is 16.9. The van der Waals surface area contributed by atoms with Gasteiger partial charge in [-0.25, -0.2) is 0 Å². The number of nitro groups is 1. The molecule has 1 saturated heterocycles. The molecule has 0 bridgehead atoms. The van der Waals surface area contributed by atoms with Crippen molar-refractivity contribution in [1.29, 1.82) is 0 Å². The van der Waals surface area contributed by atoms with Crippen molar-refractivity contribution in [2.45, 2.75) is 0 Å². The maximum absolute atomic E-state index is 12.8. The van der Waals surface area contributed by atoms with E-state index >= 15 is 0 Å². The van der Waals surface area contributed by atoms with Crippen LogP contribution in [-0.4, -0.2) is 27.4 Å². The van der Waals surface area contributed by atoms with Crippen LogP contribution in [0.3, 0.4) is 0 Å². The zero-order valence-electron chi connectivity index (χ0n) is 13.7. The fraction of sp³-hybridized carbons (Fsp3) is 0.0588. The van der Waals surface area contributed by atoms with E-state index in [0.29, 0.717) is 20.6 Å². The van der Waals surface area contributed by atoms with Crippen molar-refractivity contribution in [3.63, 3.8) is 0 Å². The number of non-ortho nitro benzene ring substituents is 1. The van der Waals surface area contributed by atoms with Gasteiger partial charge in [0, 0.05) is 12.1 Å². The van der Waals surface area contributed by atoms with Crippen LogP contribution in [0, 0.1) is 10.1 Å². The van der Waals surface area contributed by atoms with Gasteiger partial charge in [-0.2, -0.15) is 0 Å². The van der Waals surface area contributed by atoms with E-state index in [0.717, 1.165) is 11.8 Å². The number of nitro benzene ring substituents is 1. The molecule has 0 atom stereocenters. The number of anilines is 1. The Morgan fingerprint density at radius 2 is 2.11 bits per heavy atom. The van der Waals surface area contributed by atoms with Gasteiger partial charge in [0.2, 0.25) is 0 Å². The van der Waals surface area contributed by atoms with Gasteiger partial charge in [-0.15, -0.1) is 0 Å². The number of methoxy groups -OCH3 is 1. The highest BCUT2D eigenvalue weighted by molar-refractivity contribution is 9.10. The first kappa shape index (κ1) is 19.3. The first-order valence-corrected chi connectivity index (χ1v) is 9.42. The summed E-state index contributed by atoms with van der Waals surface area (Å²) in [4.78, 5) is 24.8. The van der Waals surface area contributed by atoms with Crippen molar-refractivity contribution in [2.24, 2.45) is 0 Å². The molecule has 138 valence electrons. The monoisotopic (exact) mass is 466 g/mol. The molecule has 2 aromatic carbocycles. The number of carbonyl (C=O) groups excluding carboxylic acids is 1. The number of halogens is 1. The quantitative estimate of drug-likeness (QED) is 0.307. The summed E-state index contributed by atoms with van der Waals surface area (Å²) in [6.45, 7) is 0. The Balaban J connectivity index is 1.97. The number of benzene rings is 2. The van der Waals surface area contributed by atoms with E-state index in [9.17, 15) is 20.0 Å². The zero-order chi connectivity index (χ0) is 19.7. The maximum atomic E-state index is 12.8. The highest BCUT2D eigenvalue weighted by atomic mass is 79.9. The molecule has 0 unspecified atom stereocenters. The first-order chi connectivity index (χ1) is 12.8. The molecule has 0 spiro atoms. The van der Waals surface area contributed by atoms with Crippen LogP contribution in [0.2, 0.25) is 0 Å². The lowest BCUT2D eigenvalue weighted by molar-refractivity contribution is -0.384. The van der Waals surface area contributed by atoms with Gasteiger partial charge < -0.3 is 9.84 Å². The predicted molar refractivity (Wildman–Crippen MR) is 111 cm³/mol. The molecule has 1 N–H and O–H groups in total. The summed E-state index contributed by atoms with van der Waals surface area (Å²) in [6.07, 6.45) is 1.61. The Kier molecular flexibility index (Phi) is 5.49.